The highest BCUT2D eigenvalue weighted by molar-refractivity contribution is 7.98. The molecule has 4 nitrogen and oxygen atoms in total. The van der Waals surface area contributed by atoms with Gasteiger partial charge in [0.1, 0.15) is 0 Å². The molecule has 0 aromatic heterocycles. The predicted molar refractivity (Wildman–Crippen MR) is 75.0 cm³/mol. The van der Waals surface area contributed by atoms with Crippen LogP contribution in [0, 0.1) is 0 Å². The van der Waals surface area contributed by atoms with Crippen molar-refractivity contribution in [3.63, 3.8) is 0 Å². The average molecular weight is 280 g/mol. The van der Waals surface area contributed by atoms with Crippen molar-refractivity contribution in [3.05, 3.63) is 0 Å². The van der Waals surface area contributed by atoms with Gasteiger partial charge >= 0.3 is 0 Å². The Kier molecular flexibility index (Phi) is 6.84. The minimum Gasteiger partial charge on any atom is -0.314 e. The summed E-state index contributed by atoms with van der Waals surface area (Å²) >= 11 is 1.74. The molecule has 6 heteroatoms. The largest absolute Gasteiger partial charge is 0.314 e. The van der Waals surface area contributed by atoms with Crippen LogP contribution in [-0.2, 0) is 10.0 Å². The van der Waals surface area contributed by atoms with Gasteiger partial charge in [0, 0.05) is 12.1 Å². The van der Waals surface area contributed by atoms with Crippen molar-refractivity contribution in [2.75, 3.05) is 24.3 Å². The lowest BCUT2D eigenvalue weighted by Gasteiger charge is -2.13. The van der Waals surface area contributed by atoms with Gasteiger partial charge in [0.15, 0.2) is 0 Å². The minimum atomic E-state index is -3.09. The van der Waals surface area contributed by atoms with E-state index in [1.54, 1.807) is 11.8 Å². The Hall–Kier alpha value is 0.220. The van der Waals surface area contributed by atoms with E-state index in [1.165, 1.54) is 12.8 Å². The van der Waals surface area contributed by atoms with E-state index >= 15 is 0 Å². The maximum atomic E-state index is 11.7. The second-order valence-electron chi connectivity index (χ2n) is 4.70. The van der Waals surface area contributed by atoms with Crippen LogP contribution in [0.5, 0.6) is 0 Å². The molecule has 0 bridgehead atoms. The molecular weight excluding hydrogens is 256 g/mol. The standard InChI is InChI=1S/C11H24N2O2S2/c1-10(6-8-16-2)13-17(14,15)9-3-7-12-11-4-5-11/h10-13H,3-9H2,1-2H3. The molecule has 17 heavy (non-hydrogen) atoms. The van der Waals surface area contributed by atoms with Crippen molar-refractivity contribution in [1.82, 2.24) is 10.0 Å². The molecule has 1 aliphatic rings. The van der Waals surface area contributed by atoms with Gasteiger partial charge in [-0.25, -0.2) is 13.1 Å². The topological polar surface area (TPSA) is 58.2 Å². The van der Waals surface area contributed by atoms with Crippen LogP contribution in [0.2, 0.25) is 0 Å². The molecule has 0 spiro atoms. The van der Waals surface area contributed by atoms with E-state index in [1.807, 2.05) is 13.2 Å². The number of rotatable bonds is 10. The predicted octanol–water partition coefficient (Wildman–Crippen LogP) is 1.19. The molecule has 1 fully saturated rings. The van der Waals surface area contributed by atoms with Crippen molar-refractivity contribution in [3.8, 4) is 0 Å². The van der Waals surface area contributed by atoms with Gasteiger partial charge in [-0.15, -0.1) is 0 Å². The average Bonchev–Trinajstić information content (AvgIpc) is 3.05. The lowest BCUT2D eigenvalue weighted by atomic mass is 10.3. The Morgan fingerprint density at radius 1 is 1.41 bits per heavy atom. The fourth-order valence-electron chi connectivity index (χ4n) is 1.57. The summed E-state index contributed by atoms with van der Waals surface area (Å²) in [6, 6.07) is 0.704. The molecule has 102 valence electrons. The Labute approximate surface area is 109 Å². The highest BCUT2D eigenvalue weighted by Gasteiger charge is 2.20. The minimum absolute atomic E-state index is 0.0452. The summed E-state index contributed by atoms with van der Waals surface area (Å²) in [5.41, 5.74) is 0. The zero-order valence-electron chi connectivity index (χ0n) is 10.7. The van der Waals surface area contributed by atoms with Crippen molar-refractivity contribution in [1.29, 1.82) is 0 Å². The second kappa shape index (κ2) is 7.61. The van der Waals surface area contributed by atoms with E-state index in [2.05, 4.69) is 10.0 Å². The van der Waals surface area contributed by atoms with Crippen LogP contribution in [0.25, 0.3) is 0 Å². The molecule has 1 rings (SSSR count). The van der Waals surface area contributed by atoms with Gasteiger partial charge in [-0.05, 0) is 51.2 Å². The van der Waals surface area contributed by atoms with Gasteiger partial charge in [-0.3, -0.25) is 0 Å². The summed E-state index contributed by atoms with van der Waals surface area (Å²) in [5, 5.41) is 3.32. The van der Waals surface area contributed by atoms with E-state index in [0.29, 0.717) is 12.5 Å². The number of hydrogen-bond donors (Lipinski definition) is 2. The lowest BCUT2D eigenvalue weighted by Crippen LogP contribution is -2.35. The molecule has 1 saturated carbocycles. The summed E-state index contributed by atoms with van der Waals surface area (Å²) in [6.07, 6.45) is 6.11. The zero-order chi connectivity index (χ0) is 12.7. The molecule has 1 atom stereocenters. The van der Waals surface area contributed by atoms with Crippen LogP contribution in [0.1, 0.15) is 32.6 Å². The van der Waals surface area contributed by atoms with Gasteiger partial charge in [0.05, 0.1) is 5.75 Å². The van der Waals surface area contributed by atoms with Gasteiger partial charge in [-0.2, -0.15) is 11.8 Å². The summed E-state index contributed by atoms with van der Waals surface area (Å²) in [5.74, 6) is 1.23. The van der Waals surface area contributed by atoms with E-state index < -0.39 is 10.0 Å². The van der Waals surface area contributed by atoms with E-state index in [0.717, 1.165) is 18.7 Å². The first-order valence-corrected chi connectivity index (χ1v) is 9.30. The van der Waals surface area contributed by atoms with Crippen LogP contribution in [0.15, 0.2) is 0 Å². The fourth-order valence-corrected chi connectivity index (χ4v) is 3.54. The summed E-state index contributed by atoms with van der Waals surface area (Å²) in [4.78, 5) is 0. The molecule has 0 amide bonds. The Balaban J connectivity index is 2.10. The zero-order valence-corrected chi connectivity index (χ0v) is 12.4. The van der Waals surface area contributed by atoms with Crippen molar-refractivity contribution in [2.24, 2.45) is 0 Å². The first kappa shape index (κ1) is 15.3. The van der Waals surface area contributed by atoms with Gasteiger partial charge in [0.2, 0.25) is 10.0 Å². The van der Waals surface area contributed by atoms with Crippen LogP contribution in [0.3, 0.4) is 0 Å². The van der Waals surface area contributed by atoms with Gasteiger partial charge in [-0.1, -0.05) is 0 Å². The molecule has 0 aliphatic heterocycles. The van der Waals surface area contributed by atoms with Crippen LogP contribution in [-0.4, -0.2) is 44.8 Å². The Morgan fingerprint density at radius 3 is 2.71 bits per heavy atom. The van der Waals surface area contributed by atoms with Crippen molar-refractivity contribution in [2.45, 2.75) is 44.7 Å². The summed E-state index contributed by atoms with van der Waals surface area (Å²) in [7, 11) is -3.09. The monoisotopic (exact) mass is 280 g/mol. The fraction of sp³-hybridized carbons (Fsp3) is 1.00. The SMILES string of the molecule is CSCCC(C)NS(=O)(=O)CCCNC1CC1. The van der Waals surface area contributed by atoms with Crippen molar-refractivity contribution < 1.29 is 8.42 Å². The quantitative estimate of drug-likeness (QED) is 0.590. The first-order valence-electron chi connectivity index (χ1n) is 6.26. The summed E-state index contributed by atoms with van der Waals surface area (Å²) in [6.45, 7) is 2.74. The maximum Gasteiger partial charge on any atom is 0.211 e. The maximum absolute atomic E-state index is 11.7. The third kappa shape index (κ3) is 8.02. The highest BCUT2D eigenvalue weighted by Crippen LogP contribution is 2.18. The summed E-state index contributed by atoms with van der Waals surface area (Å²) < 4.78 is 26.2. The number of sulfonamides is 1. The van der Waals surface area contributed by atoms with Crippen LogP contribution >= 0.6 is 11.8 Å². The van der Waals surface area contributed by atoms with Crippen LogP contribution < -0.4 is 10.0 Å². The molecule has 0 saturated heterocycles. The number of nitrogens with one attached hydrogen (secondary N) is 2. The Morgan fingerprint density at radius 2 is 2.12 bits per heavy atom. The van der Waals surface area contributed by atoms with Crippen molar-refractivity contribution >= 4 is 21.8 Å². The van der Waals surface area contributed by atoms with Gasteiger partial charge in [0.25, 0.3) is 0 Å². The molecule has 1 aliphatic carbocycles. The van der Waals surface area contributed by atoms with Crippen LogP contribution in [0.4, 0.5) is 0 Å². The molecule has 0 aromatic rings. The molecule has 0 aromatic carbocycles. The third-order valence-electron chi connectivity index (χ3n) is 2.74. The highest BCUT2D eigenvalue weighted by atomic mass is 32.2. The molecular formula is C11H24N2O2S2. The van der Waals surface area contributed by atoms with Gasteiger partial charge < -0.3 is 5.32 Å². The van der Waals surface area contributed by atoms with E-state index in [9.17, 15) is 8.42 Å². The molecule has 0 radical (unpaired) electrons. The number of hydrogen-bond acceptors (Lipinski definition) is 4. The first-order chi connectivity index (χ1) is 8.03. The number of thioether (sulfide) groups is 1. The van der Waals surface area contributed by atoms with E-state index in [4.69, 9.17) is 0 Å². The smallest absolute Gasteiger partial charge is 0.211 e. The Bertz CT molecular complexity index is 303. The lowest BCUT2D eigenvalue weighted by molar-refractivity contribution is 0.552. The van der Waals surface area contributed by atoms with E-state index in [-0.39, 0.29) is 11.8 Å². The normalized spacial score (nSPS) is 18.2. The second-order valence-corrected chi connectivity index (χ2v) is 7.56. The third-order valence-corrected chi connectivity index (χ3v) is 4.97. The molecule has 1 unspecified atom stereocenters. The molecule has 0 heterocycles. The molecule has 2 N–H and O–H groups in total.